The van der Waals surface area contributed by atoms with E-state index < -0.39 is 15.9 Å². The number of anilines is 2. The van der Waals surface area contributed by atoms with E-state index in [1.165, 1.54) is 30.5 Å². The van der Waals surface area contributed by atoms with E-state index in [1.54, 1.807) is 32.8 Å². The van der Waals surface area contributed by atoms with Gasteiger partial charge in [-0.1, -0.05) is 5.16 Å². The maximum absolute atomic E-state index is 12.4. The summed E-state index contributed by atoms with van der Waals surface area (Å²) >= 11 is 0. The first-order valence-electron chi connectivity index (χ1n) is 7.79. The lowest BCUT2D eigenvalue weighted by Crippen LogP contribution is -2.17. The molecule has 9 nitrogen and oxygen atoms in total. The van der Waals surface area contributed by atoms with E-state index in [2.05, 4.69) is 15.2 Å². The first-order valence-corrected chi connectivity index (χ1v) is 9.28. The minimum absolute atomic E-state index is 0.0155. The van der Waals surface area contributed by atoms with Crippen molar-refractivity contribution in [2.24, 2.45) is 0 Å². The normalized spacial score (nSPS) is 11.6. The van der Waals surface area contributed by atoms with E-state index in [-0.39, 0.29) is 16.4 Å². The molecule has 10 heteroatoms. The number of aryl methyl sites for hydroxylation is 1. The third-order valence-electron chi connectivity index (χ3n) is 3.56. The molecule has 142 valence electrons. The second kappa shape index (κ2) is 7.92. The lowest BCUT2D eigenvalue weighted by atomic mass is 10.2. The molecule has 0 aliphatic carbocycles. The van der Waals surface area contributed by atoms with Gasteiger partial charge in [0.2, 0.25) is 5.88 Å². The van der Waals surface area contributed by atoms with E-state index in [0.29, 0.717) is 16.9 Å². The highest BCUT2D eigenvalue weighted by molar-refractivity contribution is 7.92. The standard InChI is InChI=1S/C17H19N5O4S/c1-11-12(2)20-26-17(11)21-27(24,25)15-7-5-14(6-8-15)19-16(23)13(9-18)10-22(3)4/h5-8,10,21H,1-4H3,(H,19,23)/b13-10+. The Labute approximate surface area is 157 Å². The number of rotatable bonds is 6. The van der Waals surface area contributed by atoms with Gasteiger partial charge in [0, 0.05) is 31.5 Å². The maximum Gasteiger partial charge on any atom is 0.267 e. The van der Waals surface area contributed by atoms with Crippen LogP contribution in [0.15, 0.2) is 45.5 Å². The summed E-state index contributed by atoms with van der Waals surface area (Å²) in [6.45, 7) is 3.39. The molecule has 0 aliphatic heterocycles. The monoisotopic (exact) mass is 389 g/mol. The van der Waals surface area contributed by atoms with Crippen LogP contribution in [0, 0.1) is 25.2 Å². The van der Waals surface area contributed by atoms with E-state index in [0.717, 1.165) is 0 Å². The maximum atomic E-state index is 12.4. The fourth-order valence-electron chi connectivity index (χ4n) is 2.00. The number of hydrogen-bond acceptors (Lipinski definition) is 7. The number of carbonyl (C=O) groups excluding carboxylic acids is 1. The lowest BCUT2D eigenvalue weighted by molar-refractivity contribution is -0.112. The van der Waals surface area contributed by atoms with Crippen molar-refractivity contribution >= 4 is 27.5 Å². The first-order chi connectivity index (χ1) is 12.6. The second-order valence-electron chi connectivity index (χ2n) is 5.92. The van der Waals surface area contributed by atoms with Crippen molar-refractivity contribution < 1.29 is 17.7 Å². The average Bonchev–Trinajstić information content (AvgIpc) is 2.91. The van der Waals surface area contributed by atoms with Crippen molar-refractivity contribution in [3.8, 4) is 6.07 Å². The molecular formula is C17H19N5O4S. The van der Waals surface area contributed by atoms with Crippen LogP contribution in [-0.4, -0.2) is 38.5 Å². The Morgan fingerprint density at radius 3 is 2.37 bits per heavy atom. The van der Waals surface area contributed by atoms with Crippen molar-refractivity contribution in [2.75, 3.05) is 24.1 Å². The molecule has 0 fully saturated rings. The molecule has 2 N–H and O–H groups in total. The summed E-state index contributed by atoms with van der Waals surface area (Å²) in [7, 11) is -0.492. The summed E-state index contributed by atoms with van der Waals surface area (Å²) in [5.74, 6) is -0.537. The van der Waals surface area contributed by atoms with E-state index in [4.69, 9.17) is 9.78 Å². The average molecular weight is 389 g/mol. The van der Waals surface area contributed by atoms with Gasteiger partial charge >= 0.3 is 0 Å². The van der Waals surface area contributed by atoms with E-state index in [1.807, 2.05) is 6.07 Å². The number of benzene rings is 1. The zero-order valence-corrected chi connectivity index (χ0v) is 16.1. The van der Waals surface area contributed by atoms with Crippen LogP contribution in [0.2, 0.25) is 0 Å². The van der Waals surface area contributed by atoms with Crippen LogP contribution in [0.3, 0.4) is 0 Å². The third kappa shape index (κ3) is 4.86. The van der Waals surface area contributed by atoms with Gasteiger partial charge in [0.05, 0.1) is 10.6 Å². The molecular weight excluding hydrogens is 370 g/mol. The Balaban J connectivity index is 2.16. The number of carbonyl (C=O) groups is 1. The number of hydrogen-bond donors (Lipinski definition) is 2. The fraction of sp³-hybridized carbons (Fsp3) is 0.235. The van der Waals surface area contributed by atoms with Crippen molar-refractivity contribution in [1.29, 1.82) is 5.26 Å². The van der Waals surface area contributed by atoms with Crippen molar-refractivity contribution in [3.63, 3.8) is 0 Å². The fourth-order valence-corrected chi connectivity index (χ4v) is 3.05. The first kappa shape index (κ1) is 20.0. The minimum atomic E-state index is -3.87. The molecule has 1 aromatic heterocycles. The lowest BCUT2D eigenvalue weighted by Gasteiger charge is -2.09. The molecule has 0 unspecified atom stereocenters. The minimum Gasteiger partial charge on any atom is -0.382 e. The predicted octanol–water partition coefficient (Wildman–Crippen LogP) is 2.00. The zero-order valence-electron chi connectivity index (χ0n) is 15.3. The number of aromatic nitrogens is 1. The van der Waals surface area contributed by atoms with Gasteiger partial charge in [-0.2, -0.15) is 5.26 Å². The summed E-state index contributed by atoms with van der Waals surface area (Å²) in [6, 6.07) is 7.32. The molecule has 27 heavy (non-hydrogen) atoms. The number of nitriles is 1. The summed E-state index contributed by atoms with van der Waals surface area (Å²) in [5, 5.41) is 15.3. The molecule has 0 saturated carbocycles. The Morgan fingerprint density at radius 1 is 1.26 bits per heavy atom. The second-order valence-corrected chi connectivity index (χ2v) is 7.61. The molecule has 2 aromatic rings. The van der Waals surface area contributed by atoms with E-state index in [9.17, 15) is 13.2 Å². The van der Waals surface area contributed by atoms with Crippen molar-refractivity contribution in [3.05, 3.63) is 47.3 Å². The highest BCUT2D eigenvalue weighted by Crippen LogP contribution is 2.22. The molecule has 1 amide bonds. The number of amides is 1. The zero-order chi connectivity index (χ0) is 20.2. The number of nitrogens with zero attached hydrogens (tertiary/aromatic N) is 3. The van der Waals surface area contributed by atoms with Crippen LogP contribution < -0.4 is 10.0 Å². The summed E-state index contributed by atoms with van der Waals surface area (Å²) < 4.78 is 32.1. The van der Waals surface area contributed by atoms with Gasteiger partial charge in [-0.25, -0.2) is 13.1 Å². The summed E-state index contributed by atoms with van der Waals surface area (Å²) in [5.41, 5.74) is 1.46. The third-order valence-corrected chi connectivity index (χ3v) is 4.91. The van der Waals surface area contributed by atoms with Crippen LogP contribution >= 0.6 is 0 Å². The number of sulfonamides is 1. The van der Waals surface area contributed by atoms with Crippen molar-refractivity contribution in [1.82, 2.24) is 10.1 Å². The molecule has 0 bridgehead atoms. The topological polar surface area (TPSA) is 128 Å². The van der Waals surface area contributed by atoms with Gasteiger partial charge in [0.25, 0.3) is 15.9 Å². The van der Waals surface area contributed by atoms with Gasteiger partial charge in [0.1, 0.15) is 11.6 Å². The van der Waals surface area contributed by atoms with Gasteiger partial charge in [-0.3, -0.25) is 4.79 Å². The molecule has 0 aliphatic rings. The molecule has 0 radical (unpaired) electrons. The van der Waals surface area contributed by atoms with Crippen LogP contribution in [0.25, 0.3) is 0 Å². The van der Waals surface area contributed by atoms with Crippen LogP contribution in [0.4, 0.5) is 11.6 Å². The molecule has 1 aromatic carbocycles. The quantitative estimate of drug-likeness (QED) is 0.571. The summed E-state index contributed by atoms with van der Waals surface area (Å²) in [4.78, 5) is 13.6. The largest absolute Gasteiger partial charge is 0.382 e. The van der Waals surface area contributed by atoms with Crippen LogP contribution in [-0.2, 0) is 14.8 Å². The van der Waals surface area contributed by atoms with Crippen LogP contribution in [0.5, 0.6) is 0 Å². The number of nitrogens with one attached hydrogen (secondary N) is 2. The Kier molecular flexibility index (Phi) is 5.87. The molecule has 0 spiro atoms. The molecule has 0 atom stereocenters. The highest BCUT2D eigenvalue weighted by atomic mass is 32.2. The van der Waals surface area contributed by atoms with Gasteiger partial charge in [-0.15, -0.1) is 0 Å². The van der Waals surface area contributed by atoms with Crippen LogP contribution in [0.1, 0.15) is 11.3 Å². The summed E-state index contributed by atoms with van der Waals surface area (Å²) in [6.07, 6.45) is 1.39. The SMILES string of the molecule is Cc1noc(NS(=O)(=O)c2ccc(NC(=O)/C(C#N)=C/N(C)C)cc2)c1C. The Hall–Kier alpha value is -3.32. The van der Waals surface area contributed by atoms with Gasteiger partial charge in [0.15, 0.2) is 0 Å². The molecule has 0 saturated heterocycles. The Bertz CT molecular complexity index is 1010. The van der Waals surface area contributed by atoms with Gasteiger partial charge in [-0.05, 0) is 38.1 Å². The van der Waals surface area contributed by atoms with E-state index >= 15 is 0 Å². The van der Waals surface area contributed by atoms with Gasteiger partial charge < -0.3 is 14.7 Å². The highest BCUT2D eigenvalue weighted by Gasteiger charge is 2.19. The smallest absolute Gasteiger partial charge is 0.267 e. The predicted molar refractivity (Wildman–Crippen MR) is 99.2 cm³/mol. The van der Waals surface area contributed by atoms with Crippen molar-refractivity contribution in [2.45, 2.75) is 18.7 Å². The Morgan fingerprint density at radius 2 is 1.89 bits per heavy atom. The molecule has 2 rings (SSSR count). The molecule has 1 heterocycles.